The van der Waals surface area contributed by atoms with E-state index >= 15 is 0 Å². The summed E-state index contributed by atoms with van der Waals surface area (Å²) in [4.78, 5) is 39.7. The molecular formula is C19H18N2O5. The lowest BCUT2D eigenvalue weighted by atomic mass is 10.0. The summed E-state index contributed by atoms with van der Waals surface area (Å²) in [5, 5.41) is 0.374. The summed E-state index contributed by atoms with van der Waals surface area (Å²) in [6.45, 7) is 4.72. The molecule has 3 aromatic rings. The number of fused-ring (bicyclic) bond motifs is 1. The lowest BCUT2D eigenvalue weighted by molar-refractivity contribution is -0.131. The molecule has 3 rings (SSSR count). The zero-order valence-electron chi connectivity index (χ0n) is 14.7. The molecule has 0 amide bonds. The van der Waals surface area contributed by atoms with Gasteiger partial charge in [0, 0.05) is 26.1 Å². The van der Waals surface area contributed by atoms with E-state index in [1.165, 1.54) is 37.2 Å². The number of aromatic nitrogens is 2. The second-order valence-electron chi connectivity index (χ2n) is 5.96. The van der Waals surface area contributed by atoms with Crippen molar-refractivity contribution in [3.8, 4) is 17.0 Å². The van der Waals surface area contributed by atoms with Gasteiger partial charge in [0.25, 0.3) is 0 Å². The maximum absolute atomic E-state index is 12.9. The van der Waals surface area contributed by atoms with Gasteiger partial charge in [-0.25, -0.2) is 4.98 Å². The van der Waals surface area contributed by atoms with Gasteiger partial charge in [0.2, 0.25) is 11.3 Å². The van der Waals surface area contributed by atoms with E-state index in [1.54, 1.807) is 12.1 Å². The second kappa shape index (κ2) is 6.95. The standard InChI is InChI=1S/C19H18N2O5/c1-4-5-13-6-14-18(7-17(13)26-12(3)23)25-9-15(19(14)24)16-8-21(10-20-16)11(2)22/h6-10H,4-5H2,1-3H3. The Morgan fingerprint density at radius 1 is 1.27 bits per heavy atom. The van der Waals surface area contributed by atoms with Crippen LogP contribution in [0.25, 0.3) is 22.2 Å². The minimum Gasteiger partial charge on any atom is -0.463 e. The number of imidazole rings is 1. The highest BCUT2D eigenvalue weighted by molar-refractivity contribution is 5.84. The Kier molecular flexibility index (Phi) is 4.71. The van der Waals surface area contributed by atoms with E-state index in [0.29, 0.717) is 28.8 Å². The van der Waals surface area contributed by atoms with Crippen LogP contribution in [0.3, 0.4) is 0 Å². The first kappa shape index (κ1) is 17.6. The molecule has 0 spiro atoms. The first-order valence-electron chi connectivity index (χ1n) is 8.22. The van der Waals surface area contributed by atoms with Gasteiger partial charge in [-0.15, -0.1) is 0 Å². The number of carbonyl (C=O) groups excluding carboxylic acids is 2. The van der Waals surface area contributed by atoms with Gasteiger partial charge in [0.05, 0.1) is 16.6 Å². The van der Waals surface area contributed by atoms with Gasteiger partial charge >= 0.3 is 5.97 Å². The van der Waals surface area contributed by atoms with Crippen molar-refractivity contribution >= 4 is 22.8 Å². The van der Waals surface area contributed by atoms with Crippen LogP contribution < -0.4 is 10.2 Å². The number of hydrogen-bond donors (Lipinski definition) is 0. The third-order valence-corrected chi connectivity index (χ3v) is 3.95. The Bertz CT molecular complexity index is 1060. The first-order valence-corrected chi connectivity index (χ1v) is 8.22. The minimum absolute atomic E-state index is 0.204. The molecule has 2 aromatic heterocycles. The molecule has 0 bridgehead atoms. The molecule has 0 aliphatic rings. The Hall–Kier alpha value is -3.22. The van der Waals surface area contributed by atoms with Gasteiger partial charge in [-0.3, -0.25) is 19.0 Å². The van der Waals surface area contributed by atoms with Gasteiger partial charge in [-0.05, 0) is 18.1 Å². The van der Waals surface area contributed by atoms with Gasteiger partial charge in [0.1, 0.15) is 23.9 Å². The average molecular weight is 354 g/mol. The van der Waals surface area contributed by atoms with E-state index in [2.05, 4.69) is 4.98 Å². The van der Waals surface area contributed by atoms with E-state index in [4.69, 9.17) is 9.15 Å². The van der Waals surface area contributed by atoms with Crippen molar-refractivity contribution in [1.29, 1.82) is 0 Å². The topological polar surface area (TPSA) is 91.4 Å². The van der Waals surface area contributed by atoms with Crippen molar-refractivity contribution in [2.75, 3.05) is 0 Å². The predicted molar refractivity (Wildman–Crippen MR) is 95.3 cm³/mol. The quantitative estimate of drug-likeness (QED) is 0.528. The monoisotopic (exact) mass is 354 g/mol. The largest absolute Gasteiger partial charge is 0.463 e. The van der Waals surface area contributed by atoms with Crippen LogP contribution in [0.2, 0.25) is 0 Å². The average Bonchev–Trinajstić information content (AvgIpc) is 3.06. The first-order chi connectivity index (χ1) is 12.4. The molecule has 0 N–H and O–H groups in total. The van der Waals surface area contributed by atoms with Crippen LogP contribution in [-0.4, -0.2) is 21.4 Å². The lowest BCUT2D eigenvalue weighted by Crippen LogP contribution is -2.08. The van der Waals surface area contributed by atoms with Crippen LogP contribution >= 0.6 is 0 Å². The van der Waals surface area contributed by atoms with E-state index in [9.17, 15) is 14.4 Å². The summed E-state index contributed by atoms with van der Waals surface area (Å²) < 4.78 is 12.1. The smallest absolute Gasteiger partial charge is 0.308 e. The van der Waals surface area contributed by atoms with Crippen molar-refractivity contribution in [2.45, 2.75) is 33.6 Å². The van der Waals surface area contributed by atoms with Crippen LogP contribution in [0.15, 0.2) is 40.1 Å². The maximum atomic E-state index is 12.9. The summed E-state index contributed by atoms with van der Waals surface area (Å²) >= 11 is 0. The fourth-order valence-electron chi connectivity index (χ4n) is 2.73. The highest BCUT2D eigenvalue weighted by Gasteiger charge is 2.16. The molecule has 0 unspecified atom stereocenters. The van der Waals surface area contributed by atoms with Crippen molar-refractivity contribution in [3.05, 3.63) is 46.7 Å². The zero-order valence-corrected chi connectivity index (χ0v) is 14.7. The molecule has 7 nitrogen and oxygen atoms in total. The highest BCUT2D eigenvalue weighted by Crippen LogP contribution is 2.27. The van der Waals surface area contributed by atoms with E-state index < -0.39 is 5.97 Å². The number of carbonyl (C=O) groups is 2. The van der Waals surface area contributed by atoms with Crippen LogP contribution in [-0.2, 0) is 11.2 Å². The number of rotatable bonds is 4. The molecule has 7 heteroatoms. The fraction of sp³-hybridized carbons (Fsp3) is 0.263. The van der Waals surface area contributed by atoms with Crippen molar-refractivity contribution < 1.29 is 18.7 Å². The number of aryl methyl sites for hydroxylation is 1. The highest BCUT2D eigenvalue weighted by atomic mass is 16.5. The molecule has 0 radical (unpaired) electrons. The second-order valence-corrected chi connectivity index (χ2v) is 5.96. The van der Waals surface area contributed by atoms with Crippen LogP contribution in [0.5, 0.6) is 5.75 Å². The third kappa shape index (κ3) is 3.28. The van der Waals surface area contributed by atoms with Crippen molar-refractivity contribution in [1.82, 2.24) is 9.55 Å². The molecule has 0 atom stereocenters. The predicted octanol–water partition coefficient (Wildman–Crippen LogP) is 3.19. The summed E-state index contributed by atoms with van der Waals surface area (Å²) in [5.41, 5.74) is 1.44. The maximum Gasteiger partial charge on any atom is 0.308 e. The van der Waals surface area contributed by atoms with E-state index in [-0.39, 0.29) is 16.9 Å². The van der Waals surface area contributed by atoms with Gasteiger partial charge in [-0.2, -0.15) is 0 Å². The van der Waals surface area contributed by atoms with E-state index in [0.717, 1.165) is 12.0 Å². The van der Waals surface area contributed by atoms with Crippen LogP contribution in [0.4, 0.5) is 0 Å². The minimum atomic E-state index is -0.435. The Morgan fingerprint density at radius 2 is 2.04 bits per heavy atom. The number of hydrogen-bond acceptors (Lipinski definition) is 6. The van der Waals surface area contributed by atoms with Crippen LogP contribution in [0.1, 0.15) is 37.6 Å². The van der Waals surface area contributed by atoms with Gasteiger partial charge in [-0.1, -0.05) is 13.3 Å². The van der Waals surface area contributed by atoms with Gasteiger partial charge < -0.3 is 9.15 Å². The van der Waals surface area contributed by atoms with Crippen molar-refractivity contribution in [3.63, 3.8) is 0 Å². The molecule has 0 aliphatic heterocycles. The molecule has 26 heavy (non-hydrogen) atoms. The normalized spacial score (nSPS) is 10.9. The Balaban J connectivity index is 2.17. The number of esters is 1. The summed E-state index contributed by atoms with van der Waals surface area (Å²) in [5.74, 6) is -0.246. The zero-order chi connectivity index (χ0) is 18.8. The number of benzene rings is 1. The van der Waals surface area contributed by atoms with Crippen molar-refractivity contribution in [2.24, 2.45) is 0 Å². The third-order valence-electron chi connectivity index (χ3n) is 3.95. The molecule has 0 saturated carbocycles. The SMILES string of the molecule is CCCc1cc2c(=O)c(-c3cn(C(C)=O)cn3)coc2cc1OC(C)=O. The summed E-state index contributed by atoms with van der Waals surface area (Å²) in [6, 6.07) is 3.25. The molecule has 0 aliphatic carbocycles. The van der Waals surface area contributed by atoms with Gasteiger partial charge in [0.15, 0.2) is 0 Å². The summed E-state index contributed by atoms with van der Waals surface area (Å²) in [6.07, 6.45) is 5.62. The number of ether oxygens (including phenoxy) is 1. The fourth-order valence-corrected chi connectivity index (χ4v) is 2.73. The number of nitrogens with zero attached hydrogens (tertiary/aromatic N) is 2. The molecule has 0 saturated heterocycles. The molecule has 2 heterocycles. The Labute approximate surface area is 149 Å². The Morgan fingerprint density at radius 3 is 2.65 bits per heavy atom. The van der Waals surface area contributed by atoms with E-state index in [1.807, 2.05) is 6.92 Å². The molecular weight excluding hydrogens is 336 g/mol. The molecule has 0 fully saturated rings. The lowest BCUT2D eigenvalue weighted by Gasteiger charge is -2.10. The summed E-state index contributed by atoms with van der Waals surface area (Å²) in [7, 11) is 0. The molecule has 134 valence electrons. The molecule has 1 aromatic carbocycles. The van der Waals surface area contributed by atoms with Crippen LogP contribution in [0, 0.1) is 0 Å².